The Morgan fingerprint density at radius 1 is 0.579 bits per heavy atom. The minimum Gasteiger partial charge on any atom is -0.480 e. The van der Waals surface area contributed by atoms with E-state index in [1.807, 2.05) is 0 Å². The number of allylic oxidation sites excluding steroid dienone is 12. The van der Waals surface area contributed by atoms with Crippen molar-refractivity contribution in [2.75, 3.05) is 26.4 Å². The smallest absolute Gasteiger partial charge is 0.472 e. The maximum absolute atomic E-state index is 12.6. The molecule has 0 radical (unpaired) electrons. The quantitative estimate of drug-likeness (QED) is 0.0235. The summed E-state index contributed by atoms with van der Waals surface area (Å²) >= 11 is 0. The molecular formula is C46H80NO9P. The average molecular weight is 822 g/mol. The highest BCUT2D eigenvalue weighted by molar-refractivity contribution is 7.47. The van der Waals surface area contributed by atoms with Crippen molar-refractivity contribution in [2.24, 2.45) is 5.73 Å². The highest BCUT2D eigenvalue weighted by Gasteiger charge is 2.27. The minimum atomic E-state index is -4.62. The second-order valence-corrected chi connectivity index (χ2v) is 15.9. The third-order valence-electron chi connectivity index (χ3n) is 8.95. The van der Waals surface area contributed by atoms with Gasteiger partial charge in [0.2, 0.25) is 0 Å². The number of unbranched alkanes of at least 4 members (excludes halogenated alkanes) is 15. The Bertz CT molecular complexity index is 1180. The molecule has 0 rings (SSSR count). The highest BCUT2D eigenvalue weighted by atomic mass is 31.2. The molecule has 3 atom stereocenters. The van der Waals surface area contributed by atoms with Crippen LogP contribution in [0.5, 0.6) is 0 Å². The van der Waals surface area contributed by atoms with Crippen molar-refractivity contribution in [1.29, 1.82) is 0 Å². The molecule has 0 saturated heterocycles. The Balaban J connectivity index is 4.22. The predicted octanol–water partition coefficient (Wildman–Crippen LogP) is 12.2. The van der Waals surface area contributed by atoms with Gasteiger partial charge in [-0.05, 0) is 77.0 Å². The minimum absolute atomic E-state index is 0.00318. The summed E-state index contributed by atoms with van der Waals surface area (Å²) < 4.78 is 33.3. The predicted molar refractivity (Wildman–Crippen MR) is 235 cm³/mol. The molecule has 0 heterocycles. The summed E-state index contributed by atoms with van der Waals surface area (Å²) in [6.45, 7) is 3.66. The van der Waals surface area contributed by atoms with Gasteiger partial charge >= 0.3 is 19.8 Å². The molecule has 3 unspecified atom stereocenters. The van der Waals surface area contributed by atoms with Gasteiger partial charge < -0.3 is 25.2 Å². The summed E-state index contributed by atoms with van der Waals surface area (Å²) in [5, 5.41) is 8.89. The third-order valence-corrected chi connectivity index (χ3v) is 9.90. The lowest BCUT2D eigenvalue weighted by molar-refractivity contribution is -0.154. The molecule has 11 heteroatoms. The zero-order valence-corrected chi connectivity index (χ0v) is 36.6. The van der Waals surface area contributed by atoms with Crippen LogP contribution in [0.4, 0.5) is 0 Å². The van der Waals surface area contributed by atoms with Crippen molar-refractivity contribution in [1.82, 2.24) is 0 Å². The number of hydrogen-bond acceptors (Lipinski definition) is 8. The van der Waals surface area contributed by atoms with Gasteiger partial charge in [0.15, 0.2) is 0 Å². The normalized spacial score (nSPS) is 14.6. The van der Waals surface area contributed by atoms with Crippen molar-refractivity contribution >= 4 is 19.8 Å². The lowest BCUT2D eigenvalue weighted by Gasteiger charge is -2.20. The number of rotatable bonds is 41. The first-order valence-electron chi connectivity index (χ1n) is 22.0. The second kappa shape index (κ2) is 41.6. The van der Waals surface area contributed by atoms with Gasteiger partial charge in [0.1, 0.15) is 12.1 Å². The Hall–Kier alpha value is -2.59. The Kier molecular flexibility index (Phi) is 39.7. The molecule has 0 spiro atoms. The molecule has 57 heavy (non-hydrogen) atoms. The maximum Gasteiger partial charge on any atom is 0.472 e. The number of nitrogens with two attached hydrogens (primary N) is 1. The Labute approximate surface area is 346 Å². The summed E-state index contributed by atoms with van der Waals surface area (Å²) in [7, 11) is -4.62. The van der Waals surface area contributed by atoms with Gasteiger partial charge in [-0.3, -0.25) is 18.6 Å². The SMILES string of the molecule is CC/C=C\C/C=C\C/C=C\C/C=C\CCCCCCCCCCCOCC(COP(=O)(O)OCC(N)C(=O)O)OC(=O)CCCCCCC/C=C\C/C=C\CCC. The van der Waals surface area contributed by atoms with Crippen LogP contribution in [0.3, 0.4) is 0 Å². The van der Waals surface area contributed by atoms with Crippen LogP contribution in [-0.4, -0.2) is 60.5 Å². The van der Waals surface area contributed by atoms with Crippen LogP contribution in [0.2, 0.25) is 0 Å². The molecule has 4 N–H and O–H groups in total. The zero-order valence-electron chi connectivity index (χ0n) is 35.7. The average Bonchev–Trinajstić information content (AvgIpc) is 3.19. The number of carbonyl (C=O) groups is 2. The molecule has 0 aromatic carbocycles. The van der Waals surface area contributed by atoms with E-state index in [2.05, 4.69) is 86.8 Å². The lowest BCUT2D eigenvalue weighted by Crippen LogP contribution is -2.34. The molecule has 0 aliphatic rings. The third kappa shape index (κ3) is 41.4. The summed E-state index contributed by atoms with van der Waals surface area (Å²) in [5.41, 5.74) is 5.35. The lowest BCUT2D eigenvalue weighted by atomic mass is 10.1. The van der Waals surface area contributed by atoms with E-state index in [-0.39, 0.29) is 13.0 Å². The molecule has 0 fully saturated rings. The molecule has 328 valence electrons. The number of aliphatic carboxylic acids is 1. The van der Waals surface area contributed by atoms with Crippen molar-refractivity contribution in [3.05, 3.63) is 72.9 Å². The van der Waals surface area contributed by atoms with Gasteiger partial charge in [-0.15, -0.1) is 0 Å². The van der Waals surface area contributed by atoms with Crippen molar-refractivity contribution in [3.63, 3.8) is 0 Å². The highest BCUT2D eigenvalue weighted by Crippen LogP contribution is 2.43. The Morgan fingerprint density at radius 3 is 1.53 bits per heavy atom. The number of carbonyl (C=O) groups excluding carboxylic acids is 1. The van der Waals surface area contributed by atoms with Gasteiger partial charge in [-0.1, -0.05) is 157 Å². The van der Waals surface area contributed by atoms with E-state index >= 15 is 0 Å². The van der Waals surface area contributed by atoms with E-state index in [9.17, 15) is 19.0 Å². The molecular weight excluding hydrogens is 741 g/mol. The fourth-order valence-electron chi connectivity index (χ4n) is 5.57. The monoisotopic (exact) mass is 822 g/mol. The van der Waals surface area contributed by atoms with Crippen LogP contribution in [-0.2, 0) is 32.7 Å². The molecule has 0 aromatic heterocycles. The number of esters is 1. The molecule has 0 saturated carbocycles. The summed E-state index contributed by atoms with van der Waals surface area (Å²) in [4.78, 5) is 33.5. The van der Waals surface area contributed by atoms with Crippen LogP contribution < -0.4 is 5.73 Å². The first-order valence-corrected chi connectivity index (χ1v) is 23.5. The molecule has 0 aliphatic carbocycles. The largest absolute Gasteiger partial charge is 0.480 e. The molecule has 0 amide bonds. The van der Waals surface area contributed by atoms with Crippen LogP contribution in [0.1, 0.15) is 168 Å². The van der Waals surface area contributed by atoms with E-state index in [0.717, 1.165) is 96.3 Å². The van der Waals surface area contributed by atoms with Crippen molar-refractivity contribution in [2.45, 2.75) is 180 Å². The van der Waals surface area contributed by atoms with E-state index < -0.39 is 45.1 Å². The molecule has 0 aromatic rings. The number of hydrogen-bond donors (Lipinski definition) is 3. The van der Waals surface area contributed by atoms with Gasteiger partial charge in [-0.2, -0.15) is 0 Å². The van der Waals surface area contributed by atoms with E-state index in [1.165, 1.54) is 44.9 Å². The number of ether oxygens (including phenoxy) is 2. The summed E-state index contributed by atoms with van der Waals surface area (Å²) in [6.07, 6.45) is 51.0. The second-order valence-electron chi connectivity index (χ2n) is 14.4. The molecule has 0 aliphatic heterocycles. The summed E-state index contributed by atoms with van der Waals surface area (Å²) in [6, 6.07) is -1.48. The number of phosphoric acid groups is 1. The fourth-order valence-corrected chi connectivity index (χ4v) is 6.35. The number of carboxylic acids is 1. The van der Waals surface area contributed by atoms with E-state index in [1.54, 1.807) is 0 Å². The van der Waals surface area contributed by atoms with Crippen molar-refractivity contribution < 1.29 is 42.7 Å². The first-order chi connectivity index (χ1) is 27.7. The topological polar surface area (TPSA) is 155 Å². The number of phosphoric ester groups is 1. The van der Waals surface area contributed by atoms with Gasteiger partial charge in [0.25, 0.3) is 0 Å². The first kappa shape index (κ1) is 54.4. The Morgan fingerprint density at radius 2 is 1.02 bits per heavy atom. The number of carboxylic acid groups (broad SMARTS) is 1. The van der Waals surface area contributed by atoms with Gasteiger partial charge in [0.05, 0.1) is 19.8 Å². The van der Waals surface area contributed by atoms with E-state index in [0.29, 0.717) is 13.0 Å². The van der Waals surface area contributed by atoms with E-state index in [4.69, 9.17) is 29.4 Å². The van der Waals surface area contributed by atoms with Crippen molar-refractivity contribution in [3.8, 4) is 0 Å². The zero-order chi connectivity index (χ0) is 41.9. The van der Waals surface area contributed by atoms with Crippen LogP contribution >= 0.6 is 7.82 Å². The van der Waals surface area contributed by atoms with Gasteiger partial charge in [-0.25, -0.2) is 4.57 Å². The maximum atomic E-state index is 12.6. The fraction of sp³-hybridized carbons (Fsp3) is 0.696. The van der Waals surface area contributed by atoms with Crippen LogP contribution in [0, 0.1) is 0 Å². The molecule has 0 bridgehead atoms. The molecule has 10 nitrogen and oxygen atoms in total. The van der Waals surface area contributed by atoms with Crippen LogP contribution in [0.15, 0.2) is 72.9 Å². The van der Waals surface area contributed by atoms with Gasteiger partial charge in [0, 0.05) is 13.0 Å². The summed E-state index contributed by atoms with van der Waals surface area (Å²) in [5.74, 6) is -1.80. The standard InChI is InChI=1S/C46H80NO9P/c1-3-5-7-9-11-13-15-17-18-19-20-21-22-23-24-25-27-29-31-33-35-37-39-53-40-43(41-54-57(51,52)55-42-44(47)46(49)50)56-45(48)38-36-34-32-30-28-26-16-14-12-10-8-6-4-2/h5,7-8,10-11,13-14,16-18,20-21,43-44H,3-4,6,9,12,15,19,22-42,47H2,1-2H3,(H,49,50)(H,51,52)/b7-5-,10-8-,13-11-,16-14-,18-17-,21-20-. The van der Waals surface area contributed by atoms with Crippen LogP contribution in [0.25, 0.3) is 0 Å².